The third-order valence-corrected chi connectivity index (χ3v) is 5.23. The summed E-state index contributed by atoms with van der Waals surface area (Å²) in [7, 11) is 0. The Morgan fingerprint density at radius 2 is 1.82 bits per heavy atom. The van der Waals surface area contributed by atoms with Crippen molar-refractivity contribution in [1.82, 2.24) is 10.6 Å². The summed E-state index contributed by atoms with van der Waals surface area (Å²) in [5, 5.41) is 61.4. The van der Waals surface area contributed by atoms with E-state index in [0.717, 1.165) is 23.9 Å². The average Bonchev–Trinajstić information content (AvgIpc) is 2.74. The highest BCUT2D eigenvalue weighted by atomic mass is 32.2. The molecule has 2 unspecified atom stereocenters. The average molecular weight is 489 g/mol. The third kappa shape index (κ3) is 9.89. The summed E-state index contributed by atoms with van der Waals surface area (Å²) >= 11 is 0.836. The predicted molar refractivity (Wildman–Crippen MR) is 114 cm³/mol. The monoisotopic (exact) mass is 489 g/mol. The number of nitrogens with two attached hydrogens (primary N) is 1. The first-order valence-electron chi connectivity index (χ1n) is 9.28. The first kappa shape index (κ1) is 27.9. The normalized spacial score (nSPS) is 12.4. The summed E-state index contributed by atoms with van der Waals surface area (Å²) in [6.45, 7) is -0.715. The van der Waals surface area contributed by atoms with Crippen molar-refractivity contribution in [3.63, 3.8) is 0 Å². The van der Waals surface area contributed by atoms with Crippen LogP contribution in [-0.2, 0) is 19.2 Å². The molecule has 33 heavy (non-hydrogen) atoms. The van der Waals surface area contributed by atoms with Gasteiger partial charge >= 0.3 is 11.9 Å². The van der Waals surface area contributed by atoms with E-state index in [1.54, 1.807) is 0 Å². The van der Waals surface area contributed by atoms with Crippen LogP contribution in [0, 0.1) is 10.4 Å². The number of hydrogen-bond acceptors (Lipinski definition) is 12. The number of hydrogen-bond donors (Lipinski definition) is 7. The molecule has 1 aromatic carbocycles. The van der Waals surface area contributed by atoms with Crippen molar-refractivity contribution in [2.45, 2.75) is 36.2 Å². The number of benzene rings is 1. The molecule has 0 fully saturated rings. The summed E-state index contributed by atoms with van der Waals surface area (Å²) in [5.74, 6) is -4.21. The lowest BCUT2D eigenvalue weighted by Gasteiger charge is -2.38. The minimum absolute atomic E-state index is 0.0162. The molecule has 0 spiro atoms. The number of rotatable bonds is 14. The van der Waals surface area contributed by atoms with Crippen LogP contribution < -0.4 is 26.8 Å². The second-order valence-electron chi connectivity index (χ2n) is 6.58. The minimum Gasteiger partial charge on any atom is -0.769 e. The van der Waals surface area contributed by atoms with E-state index >= 15 is 0 Å². The van der Waals surface area contributed by atoms with E-state index in [9.17, 15) is 40.0 Å². The van der Waals surface area contributed by atoms with E-state index in [0.29, 0.717) is 0 Å². The Kier molecular flexibility index (Phi) is 11.3. The van der Waals surface area contributed by atoms with Crippen LogP contribution >= 0.6 is 11.8 Å². The Morgan fingerprint density at radius 3 is 2.36 bits per heavy atom. The summed E-state index contributed by atoms with van der Waals surface area (Å²) in [4.78, 5) is 46.1. The number of anilines is 2. The van der Waals surface area contributed by atoms with Crippen molar-refractivity contribution in [2.24, 2.45) is 5.73 Å². The molecule has 184 valence electrons. The zero-order valence-electron chi connectivity index (χ0n) is 17.0. The molecule has 8 N–H and O–H groups in total. The van der Waals surface area contributed by atoms with Crippen LogP contribution in [0.1, 0.15) is 19.3 Å². The standard InChI is InChI=1S/C17H23N5O10S/c18-10(17(27)28)2-1-3-14(23)20-11(16(26)19-7-15(24)25)8-33-13-5-4-9(21(29)30)6-12(13)22(31)32/h4-6,10-11,31-32H,1-3,7-8,18H2,(H,19,26)(H,20,23)(H,24,25)(H,27,28)/q-2. The molecule has 0 saturated heterocycles. The van der Waals surface area contributed by atoms with E-state index < -0.39 is 53.3 Å². The number of nitrogens with zero attached hydrogens (tertiary/aromatic N) is 2. The molecule has 2 atom stereocenters. The fraction of sp³-hybridized carbons (Fsp3) is 0.412. The maximum absolute atomic E-state index is 12.3. The lowest BCUT2D eigenvalue weighted by Crippen LogP contribution is -2.49. The number of thioether (sulfide) groups is 1. The van der Waals surface area contributed by atoms with Gasteiger partial charge in [0.15, 0.2) is 0 Å². The molecule has 0 aliphatic carbocycles. The van der Waals surface area contributed by atoms with E-state index in [1.807, 2.05) is 0 Å². The molecule has 0 radical (unpaired) electrons. The second kappa shape index (κ2) is 13.4. The van der Waals surface area contributed by atoms with Crippen molar-refractivity contribution in [3.05, 3.63) is 28.6 Å². The van der Waals surface area contributed by atoms with Gasteiger partial charge in [-0.05, 0) is 31.0 Å². The van der Waals surface area contributed by atoms with Crippen molar-refractivity contribution in [2.75, 3.05) is 22.8 Å². The van der Waals surface area contributed by atoms with Crippen molar-refractivity contribution in [3.8, 4) is 0 Å². The SMILES string of the molecule is NC(CCCC(=O)NC(CSc1ccc(N([O-])[O-])cc1N(O)O)C(=O)NCC(=O)O)C(=O)O. The maximum atomic E-state index is 12.3. The van der Waals surface area contributed by atoms with Crippen LogP contribution in [0.4, 0.5) is 11.4 Å². The Hall–Kier alpha value is -3.15. The van der Waals surface area contributed by atoms with E-state index in [2.05, 4.69) is 10.6 Å². The topological polar surface area (TPSA) is 252 Å². The maximum Gasteiger partial charge on any atom is 0.322 e. The fourth-order valence-electron chi connectivity index (χ4n) is 2.41. The molecule has 0 aliphatic heterocycles. The molecule has 15 nitrogen and oxygen atoms in total. The van der Waals surface area contributed by atoms with Gasteiger partial charge < -0.3 is 42.2 Å². The van der Waals surface area contributed by atoms with Gasteiger partial charge in [-0.2, -0.15) is 0 Å². The summed E-state index contributed by atoms with van der Waals surface area (Å²) in [5.41, 5.74) is 4.58. The zero-order valence-corrected chi connectivity index (χ0v) is 17.9. The fourth-order valence-corrected chi connectivity index (χ4v) is 3.45. The highest BCUT2D eigenvalue weighted by molar-refractivity contribution is 7.99. The van der Waals surface area contributed by atoms with Crippen LogP contribution in [0.5, 0.6) is 0 Å². The lowest BCUT2D eigenvalue weighted by molar-refractivity contribution is -0.139. The highest BCUT2D eigenvalue weighted by Gasteiger charge is 2.23. The second-order valence-corrected chi connectivity index (χ2v) is 7.64. The Balaban J connectivity index is 2.88. The minimum atomic E-state index is -1.32. The van der Waals surface area contributed by atoms with Gasteiger partial charge in [-0.3, -0.25) is 29.6 Å². The molecule has 0 heterocycles. The smallest absolute Gasteiger partial charge is 0.322 e. The summed E-state index contributed by atoms with van der Waals surface area (Å²) < 4.78 is 0. The van der Waals surface area contributed by atoms with Gasteiger partial charge in [0, 0.05) is 22.8 Å². The third-order valence-electron chi connectivity index (χ3n) is 4.08. The molecule has 0 aromatic heterocycles. The van der Waals surface area contributed by atoms with Gasteiger partial charge in [-0.1, -0.05) is 0 Å². The van der Waals surface area contributed by atoms with Crippen molar-refractivity contribution < 1.29 is 39.8 Å². The Labute approximate surface area is 191 Å². The predicted octanol–water partition coefficient (Wildman–Crippen LogP) is -0.567. The first-order valence-corrected chi connectivity index (χ1v) is 10.3. The number of carboxylic acid groups (broad SMARTS) is 2. The molecule has 0 aliphatic rings. The molecule has 0 bridgehead atoms. The molecule has 1 aromatic rings. The molecular formula is C17H23N5O10S-2. The Bertz CT molecular complexity index is 853. The van der Waals surface area contributed by atoms with Crippen LogP contribution in [0.2, 0.25) is 0 Å². The molecule has 0 saturated carbocycles. The molecular weight excluding hydrogens is 466 g/mol. The Morgan fingerprint density at radius 1 is 1.15 bits per heavy atom. The van der Waals surface area contributed by atoms with Crippen LogP contribution in [0.25, 0.3) is 0 Å². The van der Waals surface area contributed by atoms with Gasteiger partial charge in [0.2, 0.25) is 11.8 Å². The van der Waals surface area contributed by atoms with E-state index in [4.69, 9.17) is 15.9 Å². The van der Waals surface area contributed by atoms with Gasteiger partial charge in [0.25, 0.3) is 0 Å². The van der Waals surface area contributed by atoms with Crippen LogP contribution in [-0.4, -0.2) is 68.8 Å². The summed E-state index contributed by atoms with van der Waals surface area (Å²) in [6, 6.07) is 0.775. The molecule has 2 amide bonds. The van der Waals surface area contributed by atoms with E-state index in [1.165, 1.54) is 6.07 Å². The van der Waals surface area contributed by atoms with Gasteiger partial charge in [0.1, 0.15) is 24.3 Å². The van der Waals surface area contributed by atoms with Gasteiger partial charge in [-0.15, -0.1) is 17.0 Å². The number of nitrogens with one attached hydrogen (secondary N) is 2. The molecule has 16 heteroatoms. The number of aliphatic carboxylic acids is 2. The number of carboxylic acids is 2. The van der Waals surface area contributed by atoms with E-state index in [-0.39, 0.29) is 40.8 Å². The largest absolute Gasteiger partial charge is 0.769 e. The highest BCUT2D eigenvalue weighted by Crippen LogP contribution is 2.33. The van der Waals surface area contributed by atoms with Gasteiger partial charge in [0.05, 0.1) is 0 Å². The van der Waals surface area contributed by atoms with Crippen molar-refractivity contribution in [1.29, 1.82) is 0 Å². The van der Waals surface area contributed by atoms with Crippen LogP contribution in [0.15, 0.2) is 23.1 Å². The van der Waals surface area contributed by atoms with Crippen molar-refractivity contribution >= 4 is 46.9 Å². The lowest BCUT2D eigenvalue weighted by atomic mass is 10.1. The molecule has 1 rings (SSSR count). The zero-order chi connectivity index (χ0) is 25.1. The number of carbonyl (C=O) groups is 4. The first-order chi connectivity index (χ1) is 15.4. The van der Waals surface area contributed by atoms with Gasteiger partial charge in [-0.25, -0.2) is 0 Å². The quantitative estimate of drug-likeness (QED) is 0.128. The number of amides is 2. The number of carbonyl (C=O) groups excluding carboxylic acids is 2. The van der Waals surface area contributed by atoms with Crippen LogP contribution in [0.3, 0.4) is 0 Å². The summed E-state index contributed by atoms with van der Waals surface area (Å²) in [6.07, 6.45) is -0.0209.